The van der Waals surface area contributed by atoms with Crippen molar-refractivity contribution >= 4 is 11.6 Å². The quantitative estimate of drug-likeness (QED) is 0.543. The molecule has 0 bridgehead atoms. The van der Waals surface area contributed by atoms with Crippen LogP contribution in [0.15, 0.2) is 48.8 Å². The predicted octanol–water partition coefficient (Wildman–Crippen LogP) is 3.11. The smallest absolute Gasteiger partial charge is 0.254 e. The first-order valence-corrected chi connectivity index (χ1v) is 8.72. The van der Waals surface area contributed by atoms with E-state index >= 15 is 0 Å². The molecule has 0 saturated heterocycles. The Bertz CT molecular complexity index is 1020. The molecule has 0 aliphatic heterocycles. The van der Waals surface area contributed by atoms with Gasteiger partial charge in [0.05, 0.1) is 11.4 Å². The van der Waals surface area contributed by atoms with E-state index in [0.29, 0.717) is 5.78 Å². The number of anilines is 1. The zero-order valence-electron chi connectivity index (χ0n) is 14.9. The van der Waals surface area contributed by atoms with E-state index in [0.717, 1.165) is 42.3 Å². The molecule has 0 saturated carbocycles. The van der Waals surface area contributed by atoms with Crippen LogP contribution in [0.2, 0.25) is 0 Å². The topological polar surface area (TPSA) is 72.9 Å². The Morgan fingerprint density at radius 2 is 1.92 bits per heavy atom. The standard InChI is InChI=1S/C19H21N7/c1-14-11-15(2)25(24-14)10-6-9-20-18-12-17(16-7-4-3-5-8-16)23-19-21-13-22-26(18)19/h3-5,7-8,11-13,20H,6,9-10H2,1-2H3. The summed E-state index contributed by atoms with van der Waals surface area (Å²) in [6, 6.07) is 14.2. The normalized spacial score (nSPS) is 11.2. The monoisotopic (exact) mass is 347 g/mol. The number of aryl methyl sites for hydroxylation is 3. The van der Waals surface area contributed by atoms with Gasteiger partial charge in [-0.2, -0.15) is 19.7 Å². The van der Waals surface area contributed by atoms with Crippen LogP contribution in [-0.4, -0.2) is 35.9 Å². The van der Waals surface area contributed by atoms with Crippen molar-refractivity contribution in [3.05, 3.63) is 60.2 Å². The zero-order chi connectivity index (χ0) is 17.9. The Labute approximate surface area is 151 Å². The first-order chi connectivity index (χ1) is 12.7. The van der Waals surface area contributed by atoms with Gasteiger partial charge in [-0.15, -0.1) is 0 Å². The second-order valence-corrected chi connectivity index (χ2v) is 6.30. The number of aromatic nitrogens is 6. The maximum absolute atomic E-state index is 4.59. The Kier molecular flexibility index (Phi) is 4.35. The third-order valence-corrected chi connectivity index (χ3v) is 4.28. The van der Waals surface area contributed by atoms with Gasteiger partial charge in [0.2, 0.25) is 0 Å². The van der Waals surface area contributed by atoms with Crippen LogP contribution in [0.25, 0.3) is 17.0 Å². The van der Waals surface area contributed by atoms with E-state index in [4.69, 9.17) is 0 Å². The summed E-state index contributed by atoms with van der Waals surface area (Å²) in [6.45, 7) is 5.79. The molecule has 7 nitrogen and oxygen atoms in total. The molecule has 26 heavy (non-hydrogen) atoms. The highest BCUT2D eigenvalue weighted by Gasteiger charge is 2.09. The summed E-state index contributed by atoms with van der Waals surface area (Å²) in [5.41, 5.74) is 4.19. The molecule has 4 aromatic rings. The van der Waals surface area contributed by atoms with Crippen LogP contribution in [0, 0.1) is 13.8 Å². The van der Waals surface area contributed by atoms with Gasteiger partial charge in [0.15, 0.2) is 0 Å². The molecule has 0 aliphatic carbocycles. The first-order valence-electron chi connectivity index (χ1n) is 8.72. The molecule has 0 radical (unpaired) electrons. The SMILES string of the molecule is Cc1cc(C)n(CCCNc2cc(-c3ccccc3)nc3ncnn23)n1. The van der Waals surface area contributed by atoms with Crippen LogP contribution < -0.4 is 5.32 Å². The molecule has 0 fully saturated rings. The van der Waals surface area contributed by atoms with Gasteiger partial charge in [-0.1, -0.05) is 30.3 Å². The summed E-state index contributed by atoms with van der Waals surface area (Å²) in [6.07, 6.45) is 2.49. The van der Waals surface area contributed by atoms with Crippen molar-refractivity contribution in [2.45, 2.75) is 26.8 Å². The molecule has 0 unspecified atom stereocenters. The van der Waals surface area contributed by atoms with E-state index < -0.39 is 0 Å². The summed E-state index contributed by atoms with van der Waals surface area (Å²) in [7, 11) is 0. The van der Waals surface area contributed by atoms with Crippen molar-refractivity contribution in [1.29, 1.82) is 0 Å². The fourth-order valence-electron chi connectivity index (χ4n) is 3.04. The highest BCUT2D eigenvalue weighted by atomic mass is 15.4. The van der Waals surface area contributed by atoms with E-state index in [1.54, 1.807) is 4.52 Å². The van der Waals surface area contributed by atoms with Crippen molar-refractivity contribution in [2.24, 2.45) is 0 Å². The minimum atomic E-state index is 0.590. The van der Waals surface area contributed by atoms with Gasteiger partial charge in [-0.05, 0) is 26.3 Å². The Morgan fingerprint density at radius 1 is 1.08 bits per heavy atom. The summed E-state index contributed by atoms with van der Waals surface area (Å²) in [5.74, 6) is 1.48. The molecule has 1 N–H and O–H groups in total. The average Bonchev–Trinajstić information content (AvgIpc) is 3.25. The van der Waals surface area contributed by atoms with Gasteiger partial charge in [-0.25, -0.2) is 4.98 Å². The highest BCUT2D eigenvalue weighted by Crippen LogP contribution is 2.21. The van der Waals surface area contributed by atoms with Crippen molar-refractivity contribution < 1.29 is 0 Å². The minimum Gasteiger partial charge on any atom is -0.370 e. The predicted molar refractivity (Wildman–Crippen MR) is 101 cm³/mol. The van der Waals surface area contributed by atoms with Crippen LogP contribution in [0.1, 0.15) is 17.8 Å². The minimum absolute atomic E-state index is 0.590. The Balaban J connectivity index is 1.50. The maximum atomic E-state index is 4.59. The summed E-state index contributed by atoms with van der Waals surface area (Å²) >= 11 is 0. The number of benzene rings is 1. The fourth-order valence-corrected chi connectivity index (χ4v) is 3.04. The van der Waals surface area contributed by atoms with E-state index in [1.165, 1.54) is 12.0 Å². The Morgan fingerprint density at radius 3 is 2.69 bits per heavy atom. The molecule has 0 spiro atoms. The molecule has 7 heteroatoms. The number of hydrogen-bond acceptors (Lipinski definition) is 5. The van der Waals surface area contributed by atoms with Gasteiger partial charge >= 0.3 is 0 Å². The zero-order valence-corrected chi connectivity index (χ0v) is 14.9. The third kappa shape index (κ3) is 3.28. The number of nitrogens with one attached hydrogen (secondary N) is 1. The van der Waals surface area contributed by atoms with Gasteiger partial charge in [0.1, 0.15) is 12.1 Å². The van der Waals surface area contributed by atoms with Crippen LogP contribution >= 0.6 is 0 Å². The molecule has 4 rings (SSSR count). The maximum Gasteiger partial charge on any atom is 0.254 e. The van der Waals surface area contributed by atoms with Crippen LogP contribution in [0.5, 0.6) is 0 Å². The largest absolute Gasteiger partial charge is 0.370 e. The summed E-state index contributed by atoms with van der Waals surface area (Å²) < 4.78 is 3.78. The van der Waals surface area contributed by atoms with Gasteiger partial charge in [0.25, 0.3) is 5.78 Å². The molecular weight excluding hydrogens is 326 g/mol. The van der Waals surface area contributed by atoms with E-state index in [1.807, 2.05) is 48.0 Å². The Hall–Kier alpha value is -3.22. The first kappa shape index (κ1) is 16.3. The lowest BCUT2D eigenvalue weighted by molar-refractivity contribution is 0.573. The molecule has 0 atom stereocenters. The summed E-state index contributed by atoms with van der Waals surface area (Å²) in [5, 5.41) is 12.2. The lowest BCUT2D eigenvalue weighted by Gasteiger charge is -2.10. The second-order valence-electron chi connectivity index (χ2n) is 6.30. The molecule has 0 amide bonds. The molecule has 3 heterocycles. The van der Waals surface area contributed by atoms with Crippen LogP contribution in [0.4, 0.5) is 5.82 Å². The van der Waals surface area contributed by atoms with E-state index in [9.17, 15) is 0 Å². The van der Waals surface area contributed by atoms with Gasteiger partial charge < -0.3 is 5.32 Å². The number of rotatable bonds is 6. The lowest BCUT2D eigenvalue weighted by atomic mass is 10.1. The third-order valence-electron chi connectivity index (χ3n) is 4.28. The molecule has 3 aromatic heterocycles. The number of fused-ring (bicyclic) bond motifs is 1. The fraction of sp³-hybridized carbons (Fsp3) is 0.263. The molecule has 0 aliphatic rings. The lowest BCUT2D eigenvalue weighted by Crippen LogP contribution is -2.11. The van der Waals surface area contributed by atoms with Gasteiger partial charge in [-0.3, -0.25) is 4.68 Å². The van der Waals surface area contributed by atoms with E-state index in [2.05, 4.69) is 38.5 Å². The van der Waals surface area contributed by atoms with Crippen molar-refractivity contribution in [2.75, 3.05) is 11.9 Å². The molecule has 1 aromatic carbocycles. The van der Waals surface area contributed by atoms with Crippen molar-refractivity contribution in [3.8, 4) is 11.3 Å². The van der Waals surface area contributed by atoms with Crippen molar-refractivity contribution in [3.63, 3.8) is 0 Å². The van der Waals surface area contributed by atoms with E-state index in [-0.39, 0.29) is 0 Å². The average molecular weight is 347 g/mol. The van der Waals surface area contributed by atoms with Crippen LogP contribution in [-0.2, 0) is 6.54 Å². The van der Waals surface area contributed by atoms with Crippen LogP contribution in [0.3, 0.4) is 0 Å². The second kappa shape index (κ2) is 6.95. The molecule has 132 valence electrons. The number of nitrogens with zero attached hydrogens (tertiary/aromatic N) is 6. The summed E-state index contributed by atoms with van der Waals surface area (Å²) in [4.78, 5) is 8.83. The van der Waals surface area contributed by atoms with Crippen molar-refractivity contribution in [1.82, 2.24) is 29.4 Å². The molecular formula is C19H21N7. The van der Waals surface area contributed by atoms with Gasteiger partial charge in [0, 0.05) is 30.4 Å². The highest BCUT2D eigenvalue weighted by molar-refractivity contribution is 5.65. The number of hydrogen-bond donors (Lipinski definition) is 1.